The minimum atomic E-state index is -3.64. The quantitative estimate of drug-likeness (QED) is 0.763. The fourth-order valence-corrected chi connectivity index (χ4v) is 4.42. The minimum Gasteiger partial charge on any atom is -0.497 e. The lowest BCUT2D eigenvalue weighted by Gasteiger charge is -2.02. The summed E-state index contributed by atoms with van der Waals surface area (Å²) in [5.41, 5.74) is 2.31. The van der Waals surface area contributed by atoms with Crippen molar-refractivity contribution in [1.82, 2.24) is 4.98 Å². The number of sulfonamides is 1. The molecule has 6 nitrogen and oxygen atoms in total. The highest BCUT2D eigenvalue weighted by Crippen LogP contribution is 2.30. The normalized spacial score (nSPS) is 14.7. The molecule has 1 N–H and O–H groups in total. The van der Waals surface area contributed by atoms with Gasteiger partial charge in [-0.2, -0.15) is 8.42 Å². The summed E-state index contributed by atoms with van der Waals surface area (Å²) in [6, 6.07) is 14.3. The zero-order chi connectivity index (χ0) is 17.4. The average Bonchev–Trinajstić information content (AvgIpc) is 3.19. The van der Waals surface area contributed by atoms with Crippen LogP contribution in [0.5, 0.6) is 5.75 Å². The predicted octanol–water partition coefficient (Wildman–Crippen LogP) is 3.38. The number of hydrogen-bond acceptors (Lipinski definition) is 6. The van der Waals surface area contributed by atoms with Gasteiger partial charge >= 0.3 is 0 Å². The molecule has 3 aromatic rings. The number of methoxy groups -OCH3 is 1. The summed E-state index contributed by atoms with van der Waals surface area (Å²) in [6.45, 7) is 0. The molecule has 0 spiro atoms. The van der Waals surface area contributed by atoms with Gasteiger partial charge in [-0.3, -0.25) is 0 Å². The number of benzene rings is 2. The van der Waals surface area contributed by atoms with E-state index in [1.165, 1.54) is 11.3 Å². The Kier molecular flexibility index (Phi) is 3.78. The van der Waals surface area contributed by atoms with E-state index in [1.54, 1.807) is 31.4 Å². The molecule has 0 atom stereocenters. The van der Waals surface area contributed by atoms with Crippen molar-refractivity contribution < 1.29 is 13.2 Å². The Morgan fingerprint density at radius 2 is 1.84 bits per heavy atom. The number of rotatable bonds is 3. The van der Waals surface area contributed by atoms with E-state index in [4.69, 9.17) is 4.74 Å². The van der Waals surface area contributed by atoms with Gasteiger partial charge in [0.05, 0.1) is 12.8 Å². The predicted molar refractivity (Wildman–Crippen MR) is 97.9 cm³/mol. The first-order valence-corrected chi connectivity index (χ1v) is 9.70. The second-order valence-corrected chi connectivity index (χ2v) is 7.73. The maximum absolute atomic E-state index is 12.1. The van der Waals surface area contributed by atoms with Gasteiger partial charge in [-0.05, 0) is 36.4 Å². The monoisotopic (exact) mass is 371 g/mol. The lowest BCUT2D eigenvalue weighted by Crippen LogP contribution is -2.10. The van der Waals surface area contributed by atoms with Crippen molar-refractivity contribution in [3.63, 3.8) is 0 Å². The van der Waals surface area contributed by atoms with Crippen LogP contribution in [0, 0.1) is 0 Å². The SMILES string of the molecule is COc1ccc(-c2csc(NC3=NS(=O)(=O)c4ccccc43)n2)cc1. The third kappa shape index (κ3) is 2.90. The van der Waals surface area contributed by atoms with Crippen LogP contribution < -0.4 is 10.1 Å². The highest BCUT2D eigenvalue weighted by molar-refractivity contribution is 7.90. The Balaban J connectivity index is 1.62. The fraction of sp³-hybridized carbons (Fsp3) is 0.0588. The number of nitrogens with zero attached hydrogens (tertiary/aromatic N) is 2. The van der Waals surface area contributed by atoms with E-state index < -0.39 is 10.0 Å². The average molecular weight is 371 g/mol. The smallest absolute Gasteiger partial charge is 0.285 e. The maximum Gasteiger partial charge on any atom is 0.285 e. The summed E-state index contributed by atoms with van der Waals surface area (Å²) in [6.07, 6.45) is 0. The third-order valence-electron chi connectivity index (χ3n) is 3.75. The van der Waals surface area contributed by atoms with Crippen molar-refractivity contribution >= 4 is 32.3 Å². The summed E-state index contributed by atoms with van der Waals surface area (Å²) >= 11 is 1.39. The molecule has 126 valence electrons. The molecule has 1 aliphatic heterocycles. The summed E-state index contributed by atoms with van der Waals surface area (Å²) in [5, 5.41) is 5.50. The molecule has 0 radical (unpaired) electrons. The Bertz CT molecular complexity index is 1070. The summed E-state index contributed by atoms with van der Waals surface area (Å²) in [7, 11) is -2.02. The number of ether oxygens (including phenoxy) is 1. The zero-order valence-electron chi connectivity index (χ0n) is 13.1. The van der Waals surface area contributed by atoms with Gasteiger partial charge in [0.25, 0.3) is 10.0 Å². The van der Waals surface area contributed by atoms with Crippen LogP contribution in [0.4, 0.5) is 5.13 Å². The second-order valence-electron chi connectivity index (χ2n) is 5.30. The number of thiazole rings is 1. The number of nitrogens with one attached hydrogen (secondary N) is 1. The highest BCUT2D eigenvalue weighted by Gasteiger charge is 2.28. The Hall–Kier alpha value is -2.71. The fourth-order valence-electron chi connectivity index (χ4n) is 2.52. The van der Waals surface area contributed by atoms with Crippen LogP contribution in [0.25, 0.3) is 11.3 Å². The molecule has 0 amide bonds. The van der Waals surface area contributed by atoms with Crippen molar-refractivity contribution in [1.29, 1.82) is 0 Å². The molecule has 1 aliphatic rings. The van der Waals surface area contributed by atoms with Crippen LogP contribution in [0.15, 0.2) is 63.2 Å². The summed E-state index contributed by atoms with van der Waals surface area (Å²) in [5.74, 6) is 1.07. The Labute approximate surface area is 148 Å². The largest absolute Gasteiger partial charge is 0.497 e. The van der Waals surface area contributed by atoms with E-state index >= 15 is 0 Å². The molecule has 25 heavy (non-hydrogen) atoms. The summed E-state index contributed by atoms with van der Waals surface area (Å²) < 4.78 is 33.1. The molecular formula is C17H13N3O3S2. The Morgan fingerprint density at radius 3 is 2.60 bits per heavy atom. The van der Waals surface area contributed by atoms with Gasteiger partial charge in [0.2, 0.25) is 0 Å². The third-order valence-corrected chi connectivity index (χ3v) is 5.84. The molecule has 0 unspecified atom stereocenters. The van der Waals surface area contributed by atoms with Crippen molar-refractivity contribution in [3.8, 4) is 17.0 Å². The van der Waals surface area contributed by atoms with Crippen LogP contribution in [0.3, 0.4) is 0 Å². The number of amidine groups is 1. The standard InChI is InChI=1S/C17H13N3O3S2/c1-23-12-8-6-11(7-9-12)14-10-24-17(18-14)19-16-13-4-2-3-5-15(13)25(21,22)20-16/h2-10H,1H3,(H,18,19,20). The van der Waals surface area contributed by atoms with E-state index in [0.29, 0.717) is 16.5 Å². The van der Waals surface area contributed by atoms with E-state index in [1.807, 2.05) is 29.6 Å². The molecule has 2 aromatic carbocycles. The minimum absolute atomic E-state index is 0.212. The first kappa shape index (κ1) is 15.8. The highest BCUT2D eigenvalue weighted by atomic mass is 32.2. The molecule has 2 heterocycles. The van der Waals surface area contributed by atoms with Crippen LogP contribution in [-0.2, 0) is 10.0 Å². The topological polar surface area (TPSA) is 80.6 Å². The van der Waals surface area contributed by atoms with Gasteiger partial charge in [0.15, 0.2) is 11.0 Å². The van der Waals surface area contributed by atoms with Crippen molar-refractivity contribution in [2.75, 3.05) is 12.4 Å². The second kappa shape index (κ2) is 5.98. The van der Waals surface area contributed by atoms with Gasteiger partial charge in [0.1, 0.15) is 10.6 Å². The first-order chi connectivity index (χ1) is 12.1. The molecule has 0 saturated heterocycles. The van der Waals surface area contributed by atoms with Gasteiger partial charge in [-0.25, -0.2) is 4.98 Å². The van der Waals surface area contributed by atoms with Crippen molar-refractivity contribution in [2.24, 2.45) is 4.40 Å². The molecule has 0 fully saturated rings. The lowest BCUT2D eigenvalue weighted by molar-refractivity contribution is 0.415. The molecule has 0 bridgehead atoms. The molecular weight excluding hydrogens is 358 g/mol. The molecule has 0 aliphatic carbocycles. The molecule has 1 aromatic heterocycles. The van der Waals surface area contributed by atoms with Gasteiger partial charge in [-0.1, -0.05) is 12.1 Å². The van der Waals surface area contributed by atoms with Crippen LogP contribution in [-0.4, -0.2) is 26.3 Å². The van der Waals surface area contributed by atoms with Crippen molar-refractivity contribution in [3.05, 3.63) is 59.5 Å². The number of anilines is 1. The van der Waals surface area contributed by atoms with Crippen LogP contribution >= 0.6 is 11.3 Å². The van der Waals surface area contributed by atoms with Crippen LogP contribution in [0.2, 0.25) is 0 Å². The van der Waals surface area contributed by atoms with Crippen molar-refractivity contribution in [2.45, 2.75) is 4.90 Å². The van der Waals surface area contributed by atoms with Crippen LogP contribution in [0.1, 0.15) is 5.56 Å². The van der Waals surface area contributed by atoms with E-state index in [2.05, 4.69) is 14.7 Å². The molecule has 8 heteroatoms. The van der Waals surface area contributed by atoms with Gasteiger partial charge in [0, 0.05) is 16.5 Å². The Morgan fingerprint density at radius 1 is 1.08 bits per heavy atom. The first-order valence-electron chi connectivity index (χ1n) is 7.38. The van der Waals surface area contributed by atoms with E-state index in [0.717, 1.165) is 17.0 Å². The van der Waals surface area contributed by atoms with E-state index in [9.17, 15) is 8.42 Å². The summed E-state index contributed by atoms with van der Waals surface area (Å²) in [4.78, 5) is 4.72. The lowest BCUT2D eigenvalue weighted by atomic mass is 10.2. The van der Waals surface area contributed by atoms with E-state index in [-0.39, 0.29) is 4.90 Å². The van der Waals surface area contributed by atoms with Gasteiger partial charge < -0.3 is 10.1 Å². The van der Waals surface area contributed by atoms with Gasteiger partial charge in [-0.15, -0.1) is 15.7 Å². The number of hydrogen-bond donors (Lipinski definition) is 1. The zero-order valence-corrected chi connectivity index (χ0v) is 14.8. The maximum atomic E-state index is 12.1. The number of aromatic nitrogens is 1. The molecule has 4 rings (SSSR count). The molecule has 0 saturated carbocycles. The number of fused-ring (bicyclic) bond motifs is 1.